The molecular weight excluding hydrogens is 167 g/mol. The van der Waals surface area contributed by atoms with Crippen LogP contribution in [-0.2, 0) is 0 Å². The molecule has 0 bridgehead atoms. The van der Waals surface area contributed by atoms with Crippen LogP contribution in [0, 0.1) is 6.07 Å². The van der Waals surface area contributed by atoms with Gasteiger partial charge in [-0.2, -0.15) is 4.37 Å². The lowest BCUT2D eigenvalue weighted by molar-refractivity contribution is -0.273. The maximum atomic E-state index is 11.4. The van der Waals surface area contributed by atoms with Gasteiger partial charge in [0, 0.05) is 11.5 Å². The first-order chi connectivity index (χ1) is 4.58. The largest absolute Gasteiger partial charge is 0.573 e. The van der Waals surface area contributed by atoms with Gasteiger partial charge in [-0.3, -0.25) is 0 Å². The Morgan fingerprint density at radius 1 is 1.60 bits per heavy atom. The van der Waals surface area contributed by atoms with Crippen molar-refractivity contribution in [3.63, 3.8) is 0 Å². The van der Waals surface area contributed by atoms with Crippen LogP contribution in [0.4, 0.5) is 13.2 Å². The second kappa shape index (κ2) is 2.45. The number of hydrogen-bond acceptors (Lipinski definition) is 3. The van der Waals surface area contributed by atoms with Crippen LogP contribution >= 0.6 is 11.5 Å². The summed E-state index contributed by atoms with van der Waals surface area (Å²) in [6, 6.07) is 2.16. The molecule has 0 spiro atoms. The summed E-state index contributed by atoms with van der Waals surface area (Å²) in [5.74, 6) is 0. The van der Waals surface area contributed by atoms with E-state index in [-0.39, 0.29) is 5.06 Å². The van der Waals surface area contributed by atoms with Gasteiger partial charge in [-0.15, -0.1) is 13.2 Å². The van der Waals surface area contributed by atoms with E-state index in [9.17, 15) is 13.2 Å². The Bertz CT molecular complexity index is 195. The van der Waals surface area contributed by atoms with Crippen LogP contribution in [0.15, 0.2) is 6.20 Å². The fourth-order valence-electron chi connectivity index (χ4n) is 0.333. The van der Waals surface area contributed by atoms with Crippen LogP contribution in [-0.4, -0.2) is 10.7 Å². The summed E-state index contributed by atoms with van der Waals surface area (Å²) in [6.07, 6.45) is -3.52. The number of rotatable bonds is 1. The van der Waals surface area contributed by atoms with E-state index in [4.69, 9.17) is 0 Å². The van der Waals surface area contributed by atoms with Crippen molar-refractivity contribution >= 4 is 11.5 Å². The van der Waals surface area contributed by atoms with Crippen LogP contribution in [0.2, 0.25) is 0 Å². The molecule has 0 N–H and O–H groups in total. The highest BCUT2D eigenvalue weighted by atomic mass is 32.1. The average Bonchev–Trinajstić information content (AvgIpc) is 2.12. The van der Waals surface area contributed by atoms with E-state index in [2.05, 4.69) is 15.2 Å². The van der Waals surface area contributed by atoms with Gasteiger partial charge in [0.2, 0.25) is 5.06 Å². The van der Waals surface area contributed by atoms with E-state index in [1.54, 1.807) is 0 Å². The molecule has 10 heavy (non-hydrogen) atoms. The highest BCUT2D eigenvalue weighted by Gasteiger charge is 2.31. The minimum absolute atomic E-state index is 0.368. The molecule has 55 valence electrons. The van der Waals surface area contributed by atoms with Crippen molar-refractivity contribution in [3.05, 3.63) is 12.3 Å². The van der Waals surface area contributed by atoms with Gasteiger partial charge in [-0.05, 0) is 0 Å². The minimum atomic E-state index is -4.64. The van der Waals surface area contributed by atoms with Crippen LogP contribution in [0.5, 0.6) is 5.06 Å². The van der Waals surface area contributed by atoms with Gasteiger partial charge in [0.15, 0.2) is 0 Å². The van der Waals surface area contributed by atoms with Crippen molar-refractivity contribution in [1.29, 1.82) is 0 Å². The number of ether oxygens (including phenoxy) is 1. The van der Waals surface area contributed by atoms with Crippen molar-refractivity contribution < 1.29 is 17.9 Å². The van der Waals surface area contributed by atoms with Gasteiger partial charge in [-0.1, -0.05) is 0 Å². The molecule has 0 aliphatic rings. The van der Waals surface area contributed by atoms with E-state index >= 15 is 0 Å². The molecule has 0 saturated heterocycles. The molecule has 0 atom stereocenters. The van der Waals surface area contributed by atoms with Gasteiger partial charge in [-0.25, -0.2) is 0 Å². The van der Waals surface area contributed by atoms with Gasteiger partial charge in [0.05, 0.1) is 12.3 Å². The molecule has 1 rings (SSSR count). The molecule has 0 aliphatic heterocycles. The van der Waals surface area contributed by atoms with E-state index in [1.807, 2.05) is 0 Å². The third-order valence-corrected chi connectivity index (χ3v) is 1.16. The van der Waals surface area contributed by atoms with Crippen molar-refractivity contribution in [2.75, 3.05) is 0 Å². The van der Waals surface area contributed by atoms with Crippen molar-refractivity contribution in [1.82, 2.24) is 4.37 Å². The monoisotopic (exact) mass is 168 g/mol. The molecule has 0 saturated carbocycles. The van der Waals surface area contributed by atoms with E-state index in [0.717, 1.165) is 6.20 Å². The van der Waals surface area contributed by atoms with Gasteiger partial charge in [0.25, 0.3) is 0 Å². The summed E-state index contributed by atoms with van der Waals surface area (Å²) in [7, 11) is 0. The molecule has 2 nitrogen and oxygen atoms in total. The second-order valence-corrected chi connectivity index (χ2v) is 2.07. The molecule has 6 heteroatoms. The third-order valence-electron chi connectivity index (χ3n) is 0.579. The zero-order valence-corrected chi connectivity index (χ0v) is 5.29. The van der Waals surface area contributed by atoms with Gasteiger partial charge >= 0.3 is 6.36 Å². The number of aromatic nitrogens is 1. The molecule has 0 aliphatic carbocycles. The molecule has 1 heterocycles. The second-order valence-electron chi connectivity index (χ2n) is 1.31. The average molecular weight is 168 g/mol. The molecule has 0 fully saturated rings. The Morgan fingerprint density at radius 3 is 2.70 bits per heavy atom. The smallest absolute Gasteiger partial charge is 0.394 e. The molecule has 1 aromatic heterocycles. The highest BCUT2D eigenvalue weighted by molar-refractivity contribution is 7.07. The number of halogens is 3. The maximum Gasteiger partial charge on any atom is 0.573 e. The summed E-state index contributed by atoms with van der Waals surface area (Å²) < 4.78 is 40.9. The molecule has 1 aromatic rings. The predicted molar refractivity (Wildman–Crippen MR) is 27.6 cm³/mol. The normalized spacial score (nSPS) is 11.5. The lowest BCUT2D eigenvalue weighted by atomic mass is 10.7. The summed E-state index contributed by atoms with van der Waals surface area (Å²) in [5, 5.41) is -0.368. The van der Waals surface area contributed by atoms with Crippen LogP contribution in [0.1, 0.15) is 0 Å². The van der Waals surface area contributed by atoms with Gasteiger partial charge in [0.1, 0.15) is 0 Å². The first-order valence-electron chi connectivity index (χ1n) is 2.16. The van der Waals surface area contributed by atoms with Crippen LogP contribution in [0.25, 0.3) is 0 Å². The Kier molecular flexibility index (Phi) is 1.80. The van der Waals surface area contributed by atoms with E-state index < -0.39 is 6.36 Å². The van der Waals surface area contributed by atoms with Crippen molar-refractivity contribution in [3.8, 4) is 5.06 Å². The lowest BCUT2D eigenvalue weighted by Crippen LogP contribution is -2.16. The topological polar surface area (TPSA) is 22.1 Å². The third kappa shape index (κ3) is 2.22. The standard InChI is InChI=1S/C4HF3NOS/c5-4(6,7)9-3-1-2-8-10-3/h2H. The van der Waals surface area contributed by atoms with Crippen molar-refractivity contribution in [2.24, 2.45) is 0 Å². The van der Waals surface area contributed by atoms with E-state index in [1.165, 1.54) is 0 Å². The maximum absolute atomic E-state index is 11.4. The Labute approximate surface area is 58.4 Å². The first-order valence-corrected chi connectivity index (χ1v) is 2.93. The predicted octanol–water partition coefficient (Wildman–Crippen LogP) is 1.84. The van der Waals surface area contributed by atoms with Crippen LogP contribution < -0.4 is 4.74 Å². The fourth-order valence-corrected chi connectivity index (χ4v) is 0.771. The quantitative estimate of drug-likeness (QED) is 0.638. The zero-order chi connectivity index (χ0) is 7.61. The lowest BCUT2D eigenvalue weighted by Gasteiger charge is -2.03. The summed E-state index contributed by atoms with van der Waals surface area (Å²) in [4.78, 5) is 0. The van der Waals surface area contributed by atoms with Crippen LogP contribution in [0.3, 0.4) is 0 Å². The summed E-state index contributed by atoms with van der Waals surface area (Å²) >= 11 is 0.602. The highest BCUT2D eigenvalue weighted by Crippen LogP contribution is 2.24. The molecule has 0 amide bonds. The molecule has 1 radical (unpaired) electrons. The fraction of sp³-hybridized carbons (Fsp3) is 0.250. The zero-order valence-electron chi connectivity index (χ0n) is 4.47. The SMILES string of the molecule is FC(F)(F)Oc1[c]cns1. The Morgan fingerprint density at radius 2 is 2.30 bits per heavy atom. The number of nitrogens with zero attached hydrogens (tertiary/aromatic N) is 1. The Balaban J connectivity index is 2.57. The minimum Gasteiger partial charge on any atom is -0.394 e. The molecule has 0 aromatic carbocycles. The van der Waals surface area contributed by atoms with Gasteiger partial charge < -0.3 is 4.74 Å². The number of alkyl halides is 3. The molecular formula is C4HF3NOS. The van der Waals surface area contributed by atoms with Crippen molar-refractivity contribution in [2.45, 2.75) is 6.36 Å². The number of hydrogen-bond donors (Lipinski definition) is 0. The Hall–Kier alpha value is -0.780. The molecule has 0 unspecified atom stereocenters. The summed E-state index contributed by atoms with van der Waals surface area (Å²) in [5.41, 5.74) is 0. The first kappa shape index (κ1) is 7.33. The summed E-state index contributed by atoms with van der Waals surface area (Å²) in [6.45, 7) is 0. The van der Waals surface area contributed by atoms with E-state index in [0.29, 0.717) is 11.5 Å².